The zero-order valence-electron chi connectivity index (χ0n) is 13.8. The average Bonchev–Trinajstić information content (AvgIpc) is 2.87. The molecule has 3 nitrogen and oxygen atoms in total. The smallest absolute Gasteiger partial charge is 0.125 e. The maximum absolute atomic E-state index is 6.24. The molecule has 1 fully saturated rings. The molecule has 21 heavy (non-hydrogen) atoms. The summed E-state index contributed by atoms with van der Waals surface area (Å²) in [5, 5.41) is 4.75. The van der Waals surface area contributed by atoms with E-state index in [-0.39, 0.29) is 5.60 Å². The lowest BCUT2D eigenvalue weighted by Gasteiger charge is -2.30. The summed E-state index contributed by atoms with van der Waals surface area (Å²) in [6.45, 7) is 8.37. The van der Waals surface area contributed by atoms with Crippen LogP contribution >= 0.6 is 11.3 Å². The molecule has 0 bridgehead atoms. The highest BCUT2D eigenvalue weighted by Crippen LogP contribution is 2.41. The van der Waals surface area contributed by atoms with Crippen LogP contribution in [-0.2, 0) is 10.3 Å². The molecule has 0 saturated heterocycles. The lowest BCUT2D eigenvalue weighted by Crippen LogP contribution is -2.29. The quantitative estimate of drug-likeness (QED) is 0.735. The molecule has 0 amide bonds. The zero-order valence-corrected chi connectivity index (χ0v) is 14.6. The summed E-state index contributed by atoms with van der Waals surface area (Å²) < 4.78 is 6.24. The number of thiazole rings is 1. The Bertz CT molecular complexity index is 411. The van der Waals surface area contributed by atoms with E-state index in [0.717, 1.165) is 26.0 Å². The molecule has 1 unspecified atom stereocenters. The van der Waals surface area contributed by atoms with Crippen molar-refractivity contribution in [1.29, 1.82) is 0 Å². The summed E-state index contributed by atoms with van der Waals surface area (Å²) >= 11 is 1.85. The molecule has 1 aliphatic carbocycles. The first kappa shape index (κ1) is 16.9. The Kier molecular flexibility index (Phi) is 6.65. The first-order valence-corrected chi connectivity index (χ1v) is 9.37. The minimum Gasteiger partial charge on any atom is -0.368 e. The maximum atomic E-state index is 6.24. The Morgan fingerprint density at radius 2 is 2.00 bits per heavy atom. The minimum atomic E-state index is -0.112. The molecule has 0 aromatic carbocycles. The third-order valence-electron chi connectivity index (χ3n) is 4.37. The van der Waals surface area contributed by atoms with Crippen LogP contribution in [0.25, 0.3) is 0 Å². The molecular weight excluding hydrogens is 280 g/mol. The van der Waals surface area contributed by atoms with Gasteiger partial charge in [0.1, 0.15) is 10.6 Å². The van der Waals surface area contributed by atoms with Crippen LogP contribution in [0.2, 0.25) is 0 Å². The van der Waals surface area contributed by atoms with Gasteiger partial charge in [0.2, 0.25) is 0 Å². The Balaban J connectivity index is 2.15. The fourth-order valence-electron chi connectivity index (χ4n) is 3.15. The van der Waals surface area contributed by atoms with Crippen LogP contribution in [0.15, 0.2) is 6.20 Å². The van der Waals surface area contributed by atoms with Crippen LogP contribution in [0.4, 0.5) is 0 Å². The monoisotopic (exact) mass is 310 g/mol. The molecule has 1 aromatic rings. The van der Waals surface area contributed by atoms with E-state index >= 15 is 0 Å². The molecule has 1 aliphatic rings. The summed E-state index contributed by atoms with van der Waals surface area (Å²) in [5.74, 6) is 0. The molecule has 120 valence electrons. The summed E-state index contributed by atoms with van der Waals surface area (Å²) in [6.07, 6.45) is 10.7. The van der Waals surface area contributed by atoms with Gasteiger partial charge in [0.15, 0.2) is 0 Å². The van der Waals surface area contributed by atoms with E-state index in [4.69, 9.17) is 9.72 Å². The molecule has 0 aliphatic heterocycles. The summed E-state index contributed by atoms with van der Waals surface area (Å²) in [4.78, 5) is 6.09. The molecule has 1 N–H and O–H groups in total. The van der Waals surface area contributed by atoms with E-state index < -0.39 is 0 Å². The lowest BCUT2D eigenvalue weighted by atomic mass is 9.95. The van der Waals surface area contributed by atoms with E-state index in [2.05, 4.69) is 32.3 Å². The number of rotatable bonds is 7. The van der Waals surface area contributed by atoms with E-state index in [1.807, 2.05) is 11.3 Å². The third-order valence-corrected chi connectivity index (χ3v) is 5.74. The third kappa shape index (κ3) is 4.27. The highest BCUT2D eigenvalue weighted by Gasteiger charge is 2.36. The van der Waals surface area contributed by atoms with Gasteiger partial charge in [-0.05, 0) is 39.7 Å². The van der Waals surface area contributed by atoms with Crippen molar-refractivity contribution in [2.24, 2.45) is 0 Å². The normalized spacial score (nSPS) is 20.1. The van der Waals surface area contributed by atoms with Gasteiger partial charge in [0, 0.05) is 23.7 Å². The number of hydrogen-bond acceptors (Lipinski definition) is 4. The zero-order chi connectivity index (χ0) is 15.1. The van der Waals surface area contributed by atoms with Gasteiger partial charge in [0.25, 0.3) is 0 Å². The maximum Gasteiger partial charge on any atom is 0.125 e. The molecule has 0 spiro atoms. The van der Waals surface area contributed by atoms with Crippen LogP contribution in [-0.4, -0.2) is 18.1 Å². The van der Waals surface area contributed by atoms with Crippen LogP contribution in [0, 0.1) is 0 Å². The van der Waals surface area contributed by atoms with Gasteiger partial charge < -0.3 is 10.1 Å². The van der Waals surface area contributed by atoms with Crippen molar-refractivity contribution in [2.75, 3.05) is 13.2 Å². The van der Waals surface area contributed by atoms with E-state index in [1.54, 1.807) is 0 Å². The standard InChI is InChI=1S/C17H30N2OS/c1-4-12-18-14(3)15-13-19-16(21-15)17(20-5-2)10-8-6-7-9-11-17/h13-14,18H,4-12H2,1-3H3. The molecule has 1 heterocycles. The number of nitrogens with one attached hydrogen (secondary N) is 1. The van der Waals surface area contributed by atoms with E-state index in [9.17, 15) is 0 Å². The molecule has 4 heteroatoms. The number of ether oxygens (including phenoxy) is 1. The van der Waals surface area contributed by atoms with Crippen LogP contribution in [0.5, 0.6) is 0 Å². The van der Waals surface area contributed by atoms with Crippen molar-refractivity contribution in [3.05, 3.63) is 16.1 Å². The van der Waals surface area contributed by atoms with E-state index in [0.29, 0.717) is 6.04 Å². The molecular formula is C17H30N2OS. The van der Waals surface area contributed by atoms with Gasteiger partial charge >= 0.3 is 0 Å². The van der Waals surface area contributed by atoms with Crippen molar-refractivity contribution in [3.63, 3.8) is 0 Å². The summed E-state index contributed by atoms with van der Waals surface area (Å²) in [5.41, 5.74) is -0.112. The van der Waals surface area contributed by atoms with Gasteiger partial charge in [-0.25, -0.2) is 4.98 Å². The van der Waals surface area contributed by atoms with E-state index in [1.165, 1.54) is 42.0 Å². The predicted molar refractivity (Wildman–Crippen MR) is 89.8 cm³/mol. The van der Waals surface area contributed by atoms with Gasteiger partial charge in [-0.3, -0.25) is 0 Å². The second kappa shape index (κ2) is 8.25. The molecule has 1 aromatic heterocycles. The molecule has 0 radical (unpaired) electrons. The van der Waals surface area contributed by atoms with Gasteiger partial charge in [-0.15, -0.1) is 11.3 Å². The van der Waals surface area contributed by atoms with Crippen molar-refractivity contribution in [2.45, 2.75) is 77.4 Å². The van der Waals surface area contributed by atoms with Crippen LogP contribution < -0.4 is 5.32 Å². The van der Waals surface area contributed by atoms with Gasteiger partial charge in [-0.2, -0.15) is 0 Å². The molecule has 2 rings (SSSR count). The second-order valence-electron chi connectivity index (χ2n) is 6.09. The number of nitrogens with zero attached hydrogens (tertiary/aromatic N) is 1. The Labute approximate surface area is 133 Å². The lowest BCUT2D eigenvalue weighted by molar-refractivity contribution is -0.0559. The van der Waals surface area contributed by atoms with Crippen molar-refractivity contribution >= 4 is 11.3 Å². The SMILES string of the molecule is CCCNC(C)c1cnc(C2(OCC)CCCCCC2)s1. The molecule has 1 saturated carbocycles. The fourth-order valence-corrected chi connectivity index (χ4v) is 4.30. The first-order chi connectivity index (χ1) is 10.2. The van der Waals surface area contributed by atoms with Gasteiger partial charge in [0.05, 0.1) is 0 Å². The first-order valence-electron chi connectivity index (χ1n) is 8.55. The van der Waals surface area contributed by atoms with Crippen molar-refractivity contribution in [1.82, 2.24) is 10.3 Å². The fraction of sp³-hybridized carbons (Fsp3) is 0.824. The van der Waals surface area contributed by atoms with Crippen molar-refractivity contribution in [3.8, 4) is 0 Å². The second-order valence-corrected chi connectivity index (χ2v) is 7.15. The Hall–Kier alpha value is -0.450. The largest absolute Gasteiger partial charge is 0.368 e. The topological polar surface area (TPSA) is 34.2 Å². The van der Waals surface area contributed by atoms with Gasteiger partial charge in [-0.1, -0.05) is 32.6 Å². The summed E-state index contributed by atoms with van der Waals surface area (Å²) in [7, 11) is 0. The Morgan fingerprint density at radius 1 is 1.29 bits per heavy atom. The van der Waals surface area contributed by atoms with Crippen LogP contribution in [0.1, 0.15) is 81.6 Å². The minimum absolute atomic E-state index is 0.112. The summed E-state index contributed by atoms with van der Waals surface area (Å²) in [6, 6.07) is 0.389. The average molecular weight is 311 g/mol. The molecule has 1 atom stereocenters. The van der Waals surface area contributed by atoms with Crippen molar-refractivity contribution < 1.29 is 4.74 Å². The number of aromatic nitrogens is 1. The number of hydrogen-bond donors (Lipinski definition) is 1. The predicted octanol–water partition coefficient (Wildman–Crippen LogP) is 4.79. The Morgan fingerprint density at radius 3 is 2.62 bits per heavy atom. The highest BCUT2D eigenvalue weighted by molar-refractivity contribution is 7.11. The van der Waals surface area contributed by atoms with Crippen LogP contribution in [0.3, 0.4) is 0 Å². The highest BCUT2D eigenvalue weighted by atomic mass is 32.1.